The fourth-order valence-electron chi connectivity index (χ4n) is 2.25. The molecule has 3 rings (SSSR count). The molecule has 0 radical (unpaired) electrons. The maximum absolute atomic E-state index is 12.3. The molecule has 7 heteroatoms. The van der Waals surface area contributed by atoms with E-state index >= 15 is 0 Å². The van der Waals surface area contributed by atoms with Crippen molar-refractivity contribution in [3.05, 3.63) is 83.4 Å². The Morgan fingerprint density at radius 1 is 1.08 bits per heavy atom. The molecule has 1 heterocycles. The summed E-state index contributed by atoms with van der Waals surface area (Å²) in [7, 11) is -3.58. The number of sulfonamides is 1. The van der Waals surface area contributed by atoms with E-state index in [1.807, 2.05) is 35.0 Å². The summed E-state index contributed by atoms with van der Waals surface area (Å²) in [5, 5.41) is 0.390. The Morgan fingerprint density at radius 3 is 2.50 bits per heavy atom. The predicted octanol–water partition coefficient (Wildman–Crippen LogP) is 3.06. The van der Waals surface area contributed by atoms with Gasteiger partial charge in [0, 0.05) is 30.5 Å². The SMILES string of the molecule is O=S(=O)(NCc1ccc(Cn2ccnc2)cc1)c1cccc(Cl)c1. The molecule has 2 aromatic carbocycles. The van der Waals surface area contributed by atoms with Crippen molar-refractivity contribution in [1.29, 1.82) is 0 Å². The quantitative estimate of drug-likeness (QED) is 0.733. The summed E-state index contributed by atoms with van der Waals surface area (Å²) in [4.78, 5) is 4.16. The number of aromatic nitrogens is 2. The van der Waals surface area contributed by atoms with Gasteiger partial charge >= 0.3 is 0 Å². The number of halogens is 1. The van der Waals surface area contributed by atoms with Gasteiger partial charge in [0.25, 0.3) is 0 Å². The van der Waals surface area contributed by atoms with Crippen molar-refractivity contribution in [2.45, 2.75) is 18.0 Å². The number of hydrogen-bond acceptors (Lipinski definition) is 3. The number of rotatable bonds is 6. The van der Waals surface area contributed by atoms with E-state index in [1.54, 1.807) is 24.7 Å². The first-order valence-electron chi connectivity index (χ1n) is 7.32. The second-order valence-electron chi connectivity index (χ2n) is 5.33. The summed E-state index contributed by atoms with van der Waals surface area (Å²) in [6, 6.07) is 14.0. The molecular formula is C17H16ClN3O2S. The zero-order chi connectivity index (χ0) is 17.0. The van der Waals surface area contributed by atoms with Gasteiger partial charge in [0.05, 0.1) is 11.2 Å². The minimum absolute atomic E-state index is 0.159. The summed E-state index contributed by atoms with van der Waals surface area (Å²) >= 11 is 5.85. The fourth-order valence-corrected chi connectivity index (χ4v) is 3.57. The molecule has 1 N–H and O–H groups in total. The molecule has 0 saturated heterocycles. The number of nitrogens with zero attached hydrogens (tertiary/aromatic N) is 2. The van der Waals surface area contributed by atoms with E-state index in [9.17, 15) is 8.42 Å². The van der Waals surface area contributed by atoms with Crippen molar-refractivity contribution in [2.75, 3.05) is 0 Å². The average Bonchev–Trinajstić information content (AvgIpc) is 3.07. The Morgan fingerprint density at radius 2 is 1.83 bits per heavy atom. The topological polar surface area (TPSA) is 64.0 Å². The third-order valence-electron chi connectivity index (χ3n) is 3.52. The third-order valence-corrected chi connectivity index (χ3v) is 5.15. The van der Waals surface area contributed by atoms with Crippen LogP contribution in [0.4, 0.5) is 0 Å². The van der Waals surface area contributed by atoms with Crippen LogP contribution in [0.1, 0.15) is 11.1 Å². The summed E-state index contributed by atoms with van der Waals surface area (Å²) in [5.74, 6) is 0. The van der Waals surface area contributed by atoms with Crippen LogP contribution in [0.3, 0.4) is 0 Å². The Balaban J connectivity index is 1.64. The Bertz CT molecular complexity index is 907. The number of imidazole rings is 1. The van der Waals surface area contributed by atoms with Gasteiger partial charge in [-0.15, -0.1) is 0 Å². The first kappa shape index (κ1) is 16.7. The summed E-state index contributed by atoms with van der Waals surface area (Å²) in [6.07, 6.45) is 5.39. The van der Waals surface area contributed by atoms with Crippen molar-refractivity contribution in [2.24, 2.45) is 0 Å². The molecule has 1 aromatic heterocycles. The van der Waals surface area contributed by atoms with E-state index in [0.29, 0.717) is 5.02 Å². The van der Waals surface area contributed by atoms with Crippen LogP contribution in [-0.2, 0) is 23.1 Å². The van der Waals surface area contributed by atoms with Crippen LogP contribution in [-0.4, -0.2) is 18.0 Å². The lowest BCUT2D eigenvalue weighted by Gasteiger charge is -2.08. The van der Waals surface area contributed by atoms with E-state index in [4.69, 9.17) is 11.6 Å². The molecule has 124 valence electrons. The standard InChI is InChI=1S/C17H16ClN3O2S/c18-16-2-1-3-17(10-16)24(22,23)20-11-14-4-6-15(7-5-14)12-21-9-8-19-13-21/h1-10,13,20H,11-12H2. The molecule has 0 unspecified atom stereocenters. The van der Waals surface area contributed by atoms with Crippen molar-refractivity contribution in [1.82, 2.24) is 14.3 Å². The predicted molar refractivity (Wildman–Crippen MR) is 93.2 cm³/mol. The Labute approximate surface area is 146 Å². The van der Waals surface area contributed by atoms with Crippen LogP contribution < -0.4 is 4.72 Å². The first-order chi connectivity index (χ1) is 11.5. The van der Waals surface area contributed by atoms with Gasteiger partial charge in [-0.2, -0.15) is 0 Å². The van der Waals surface area contributed by atoms with Crippen molar-refractivity contribution < 1.29 is 8.42 Å². The molecule has 5 nitrogen and oxygen atoms in total. The fraction of sp³-hybridized carbons (Fsp3) is 0.118. The van der Waals surface area contributed by atoms with E-state index < -0.39 is 10.0 Å². The van der Waals surface area contributed by atoms with Gasteiger partial charge in [-0.1, -0.05) is 41.9 Å². The molecule has 0 amide bonds. The molecule has 0 aliphatic rings. The molecule has 0 fully saturated rings. The zero-order valence-corrected chi connectivity index (χ0v) is 14.3. The minimum atomic E-state index is -3.58. The molecule has 0 spiro atoms. The van der Waals surface area contributed by atoms with Gasteiger partial charge in [-0.3, -0.25) is 0 Å². The average molecular weight is 362 g/mol. The Kier molecular flexibility index (Phi) is 4.99. The highest BCUT2D eigenvalue weighted by atomic mass is 35.5. The highest BCUT2D eigenvalue weighted by Crippen LogP contribution is 2.16. The van der Waals surface area contributed by atoms with Gasteiger partial charge in [0.1, 0.15) is 0 Å². The number of nitrogens with one attached hydrogen (secondary N) is 1. The lowest BCUT2D eigenvalue weighted by Crippen LogP contribution is -2.23. The van der Waals surface area contributed by atoms with Crippen molar-refractivity contribution >= 4 is 21.6 Å². The summed E-state index contributed by atoms with van der Waals surface area (Å²) in [6.45, 7) is 0.953. The second kappa shape index (κ2) is 7.17. The highest BCUT2D eigenvalue weighted by Gasteiger charge is 2.13. The molecule has 0 aliphatic carbocycles. The van der Waals surface area contributed by atoms with Gasteiger partial charge in [-0.25, -0.2) is 18.1 Å². The molecule has 24 heavy (non-hydrogen) atoms. The van der Waals surface area contributed by atoms with Crippen LogP contribution in [0, 0.1) is 0 Å². The van der Waals surface area contributed by atoms with Gasteiger partial charge in [-0.05, 0) is 29.3 Å². The van der Waals surface area contributed by atoms with Crippen LogP contribution in [0.25, 0.3) is 0 Å². The molecule has 0 bridgehead atoms. The molecule has 0 aliphatic heterocycles. The summed E-state index contributed by atoms with van der Waals surface area (Å²) in [5.41, 5.74) is 2.00. The maximum Gasteiger partial charge on any atom is 0.240 e. The number of hydrogen-bond donors (Lipinski definition) is 1. The normalized spacial score (nSPS) is 11.5. The van der Waals surface area contributed by atoms with Gasteiger partial charge < -0.3 is 4.57 Å². The van der Waals surface area contributed by atoms with Crippen molar-refractivity contribution in [3.63, 3.8) is 0 Å². The van der Waals surface area contributed by atoms with E-state index in [2.05, 4.69) is 9.71 Å². The van der Waals surface area contributed by atoms with E-state index in [1.165, 1.54) is 12.1 Å². The first-order valence-corrected chi connectivity index (χ1v) is 9.18. The van der Waals surface area contributed by atoms with E-state index in [0.717, 1.165) is 17.7 Å². The van der Waals surface area contributed by atoms with Crippen LogP contribution in [0.2, 0.25) is 5.02 Å². The highest BCUT2D eigenvalue weighted by molar-refractivity contribution is 7.89. The second-order valence-corrected chi connectivity index (χ2v) is 7.54. The van der Waals surface area contributed by atoms with Crippen LogP contribution in [0.5, 0.6) is 0 Å². The third kappa shape index (κ3) is 4.23. The lowest BCUT2D eigenvalue weighted by atomic mass is 10.1. The molecule has 3 aromatic rings. The van der Waals surface area contributed by atoms with E-state index in [-0.39, 0.29) is 11.4 Å². The maximum atomic E-state index is 12.3. The van der Waals surface area contributed by atoms with Crippen molar-refractivity contribution in [3.8, 4) is 0 Å². The van der Waals surface area contributed by atoms with Crippen LogP contribution >= 0.6 is 11.6 Å². The van der Waals surface area contributed by atoms with Gasteiger partial charge in [0.15, 0.2) is 0 Å². The molecule has 0 saturated carbocycles. The lowest BCUT2D eigenvalue weighted by molar-refractivity contribution is 0.581. The molecule has 0 atom stereocenters. The summed E-state index contributed by atoms with van der Waals surface area (Å²) < 4.78 is 29.1. The minimum Gasteiger partial charge on any atom is -0.333 e. The molecular weight excluding hydrogens is 346 g/mol. The van der Waals surface area contributed by atoms with Gasteiger partial charge in [0.2, 0.25) is 10.0 Å². The largest absolute Gasteiger partial charge is 0.333 e. The zero-order valence-electron chi connectivity index (χ0n) is 12.8. The Hall–Kier alpha value is -2.15. The number of benzene rings is 2. The monoisotopic (exact) mass is 361 g/mol. The smallest absolute Gasteiger partial charge is 0.240 e. The van der Waals surface area contributed by atoms with Crippen LogP contribution in [0.15, 0.2) is 72.1 Å².